The second-order valence-electron chi connectivity index (χ2n) is 7.23. The van der Waals surface area contributed by atoms with Crippen LogP contribution in [0.4, 0.5) is 5.69 Å². The Hall–Kier alpha value is -2.93. The first-order valence-corrected chi connectivity index (χ1v) is 11.5. The first-order chi connectivity index (χ1) is 14.7. The molecule has 0 saturated carbocycles. The number of hydrogen-bond donors (Lipinski definition) is 3. The van der Waals surface area contributed by atoms with Crippen LogP contribution in [0.2, 0.25) is 0 Å². The maximum Gasteiger partial charge on any atom is 0.335 e. The Morgan fingerprint density at radius 1 is 1.23 bits per heavy atom. The monoisotopic (exact) mass is 443 g/mol. The minimum Gasteiger partial charge on any atom is -0.463 e. The van der Waals surface area contributed by atoms with E-state index in [1.807, 2.05) is 6.07 Å². The van der Waals surface area contributed by atoms with Crippen molar-refractivity contribution in [1.29, 1.82) is 0 Å². The Labute approximate surface area is 180 Å². The largest absolute Gasteiger partial charge is 0.463 e. The summed E-state index contributed by atoms with van der Waals surface area (Å²) in [6.45, 7) is 3.52. The Bertz CT molecular complexity index is 1110. The number of aromatic nitrogens is 2. The third-order valence-corrected chi connectivity index (χ3v) is 7.56. The minimum absolute atomic E-state index is 0.311. The molecule has 3 N–H and O–H groups in total. The summed E-state index contributed by atoms with van der Waals surface area (Å²) in [4.78, 5) is 32.1. The first kappa shape index (κ1) is 22.7. The first-order valence-electron chi connectivity index (χ1n) is 9.93. The van der Waals surface area contributed by atoms with E-state index in [1.165, 1.54) is 6.08 Å². The number of nitrogens with zero attached hydrogens (tertiary/aromatic N) is 2. The van der Waals surface area contributed by atoms with E-state index in [0.717, 1.165) is 11.3 Å². The topological polar surface area (TPSA) is 118 Å². The Balaban J connectivity index is 1.75. The van der Waals surface area contributed by atoms with Crippen molar-refractivity contribution < 1.29 is 23.6 Å². The van der Waals surface area contributed by atoms with E-state index in [4.69, 9.17) is 4.42 Å². The molecule has 3 rings (SSSR count). The van der Waals surface area contributed by atoms with E-state index in [1.54, 1.807) is 74.4 Å². The van der Waals surface area contributed by atoms with Gasteiger partial charge in [-0.2, -0.15) is 5.10 Å². The number of benzene rings is 1. The minimum atomic E-state index is -4.35. The van der Waals surface area contributed by atoms with E-state index in [0.29, 0.717) is 29.9 Å². The van der Waals surface area contributed by atoms with Crippen molar-refractivity contribution in [3.05, 3.63) is 66.1 Å². The van der Waals surface area contributed by atoms with E-state index in [2.05, 4.69) is 10.4 Å². The molecule has 0 unspecified atom stereocenters. The van der Waals surface area contributed by atoms with Gasteiger partial charge in [-0.3, -0.25) is 14.0 Å². The highest BCUT2D eigenvalue weighted by Gasteiger charge is 2.45. The summed E-state index contributed by atoms with van der Waals surface area (Å²) < 4.78 is 19.2. The molecule has 2 aromatic heterocycles. The molecule has 0 spiro atoms. The van der Waals surface area contributed by atoms with Crippen molar-refractivity contribution in [3.63, 3.8) is 0 Å². The fourth-order valence-corrected chi connectivity index (χ4v) is 5.05. The van der Waals surface area contributed by atoms with Crippen LogP contribution in [-0.2, 0) is 21.6 Å². The second-order valence-corrected chi connectivity index (χ2v) is 9.18. The summed E-state index contributed by atoms with van der Waals surface area (Å²) >= 11 is 0. The van der Waals surface area contributed by atoms with Gasteiger partial charge in [0, 0.05) is 24.4 Å². The summed E-state index contributed by atoms with van der Waals surface area (Å²) in [5, 5.41) is 5.75. The molecule has 3 aromatic rings. The molecule has 0 aliphatic rings. The van der Waals surface area contributed by atoms with E-state index in [9.17, 15) is 19.1 Å². The van der Waals surface area contributed by atoms with E-state index < -0.39 is 12.8 Å². The number of carbonyl (C=O) groups excluding carboxylic acids is 1. The van der Waals surface area contributed by atoms with Crippen LogP contribution in [-0.4, -0.2) is 25.5 Å². The Kier molecular flexibility index (Phi) is 6.65. The smallest absolute Gasteiger partial charge is 0.335 e. The molecule has 0 aliphatic carbocycles. The molecular weight excluding hydrogens is 417 g/mol. The molecule has 31 heavy (non-hydrogen) atoms. The van der Waals surface area contributed by atoms with Crippen LogP contribution < -0.4 is 5.32 Å². The lowest BCUT2D eigenvalue weighted by Crippen LogP contribution is -2.24. The standard InChI is InChI=1S/C22H26N3O5P/c1-4-22(5-2,31(27,28)29)17-9-11-18(12-10-17)24-20(26)13-8-16-15-23-25(3)21(16)19-7-6-14-30-19/h6-15H,4-5H2,1-3H3,(H,24,26)(H2,27,28,29)/b13-8+. The molecule has 0 aliphatic heterocycles. The van der Waals surface area contributed by atoms with Gasteiger partial charge in [0.25, 0.3) is 0 Å². The highest BCUT2D eigenvalue weighted by molar-refractivity contribution is 7.53. The van der Waals surface area contributed by atoms with Crippen LogP contribution in [0.15, 0.2) is 59.4 Å². The van der Waals surface area contributed by atoms with E-state index in [-0.39, 0.29) is 5.91 Å². The SMILES string of the molecule is CCC(CC)(c1ccc(NC(=O)/C=C/c2cnn(C)c2-c2ccco2)cc1)P(=O)(O)O. The average molecular weight is 443 g/mol. The van der Waals surface area contributed by atoms with Crippen molar-refractivity contribution in [2.45, 2.75) is 31.8 Å². The molecule has 0 bridgehead atoms. The molecule has 0 atom stereocenters. The average Bonchev–Trinajstić information content (AvgIpc) is 3.37. The number of anilines is 1. The van der Waals surface area contributed by atoms with Crippen molar-refractivity contribution >= 4 is 25.3 Å². The summed E-state index contributed by atoms with van der Waals surface area (Å²) in [6, 6.07) is 10.2. The summed E-state index contributed by atoms with van der Waals surface area (Å²) in [6.07, 6.45) is 6.89. The molecule has 0 radical (unpaired) electrons. The molecule has 1 aromatic carbocycles. The van der Waals surface area contributed by atoms with Crippen LogP contribution in [0, 0.1) is 0 Å². The predicted octanol–water partition coefficient (Wildman–Crippen LogP) is 4.53. The van der Waals surface area contributed by atoms with Crippen molar-refractivity contribution in [1.82, 2.24) is 9.78 Å². The number of rotatable bonds is 8. The highest BCUT2D eigenvalue weighted by Crippen LogP contribution is 2.60. The lowest BCUT2D eigenvalue weighted by atomic mass is 9.92. The van der Waals surface area contributed by atoms with Crippen LogP contribution in [0.1, 0.15) is 37.8 Å². The van der Waals surface area contributed by atoms with Crippen LogP contribution >= 0.6 is 7.60 Å². The lowest BCUT2D eigenvalue weighted by molar-refractivity contribution is -0.111. The van der Waals surface area contributed by atoms with Gasteiger partial charge in [0.1, 0.15) is 5.69 Å². The third-order valence-electron chi connectivity index (χ3n) is 5.55. The van der Waals surface area contributed by atoms with Gasteiger partial charge in [-0.05, 0) is 48.7 Å². The number of aryl methyl sites for hydroxylation is 1. The maximum absolute atomic E-state index is 12.4. The Morgan fingerprint density at radius 3 is 2.45 bits per heavy atom. The van der Waals surface area contributed by atoms with Crippen LogP contribution in [0.3, 0.4) is 0 Å². The number of hydrogen-bond acceptors (Lipinski definition) is 4. The zero-order chi connectivity index (χ0) is 22.6. The number of amides is 1. The number of carbonyl (C=O) groups is 1. The summed E-state index contributed by atoms with van der Waals surface area (Å²) in [5.41, 5.74) is 2.58. The quantitative estimate of drug-likeness (QED) is 0.348. The molecule has 2 heterocycles. The van der Waals surface area contributed by atoms with Gasteiger partial charge < -0.3 is 19.5 Å². The third kappa shape index (κ3) is 4.56. The normalized spacial score (nSPS) is 12.4. The van der Waals surface area contributed by atoms with Gasteiger partial charge in [-0.15, -0.1) is 0 Å². The van der Waals surface area contributed by atoms with Crippen molar-refractivity contribution in [2.75, 3.05) is 5.32 Å². The number of furan rings is 1. The zero-order valence-electron chi connectivity index (χ0n) is 17.6. The van der Waals surface area contributed by atoms with Crippen molar-refractivity contribution in [3.8, 4) is 11.5 Å². The van der Waals surface area contributed by atoms with Gasteiger partial charge >= 0.3 is 7.60 Å². The van der Waals surface area contributed by atoms with Crippen LogP contribution in [0.25, 0.3) is 17.5 Å². The van der Waals surface area contributed by atoms with Gasteiger partial charge in [0.05, 0.1) is 17.6 Å². The molecule has 1 amide bonds. The second kappa shape index (κ2) is 9.06. The van der Waals surface area contributed by atoms with Crippen LogP contribution in [0.5, 0.6) is 0 Å². The molecule has 164 valence electrons. The molecule has 8 nitrogen and oxygen atoms in total. The van der Waals surface area contributed by atoms with Crippen molar-refractivity contribution in [2.24, 2.45) is 7.05 Å². The van der Waals surface area contributed by atoms with Gasteiger partial charge in [-0.1, -0.05) is 26.0 Å². The molecule has 0 saturated heterocycles. The van der Waals surface area contributed by atoms with E-state index >= 15 is 0 Å². The van der Waals surface area contributed by atoms with Gasteiger partial charge in [0.15, 0.2) is 5.76 Å². The lowest BCUT2D eigenvalue weighted by Gasteiger charge is -2.33. The molecular formula is C22H26N3O5P. The fourth-order valence-electron chi connectivity index (χ4n) is 3.74. The fraction of sp³-hybridized carbons (Fsp3) is 0.273. The van der Waals surface area contributed by atoms with Gasteiger partial charge in [0.2, 0.25) is 5.91 Å². The summed E-state index contributed by atoms with van der Waals surface area (Å²) in [5.74, 6) is 0.310. The molecule has 9 heteroatoms. The Morgan fingerprint density at radius 2 is 1.90 bits per heavy atom. The molecule has 0 fully saturated rings. The predicted molar refractivity (Wildman–Crippen MR) is 119 cm³/mol. The van der Waals surface area contributed by atoms with Gasteiger partial charge in [-0.25, -0.2) is 0 Å². The maximum atomic E-state index is 12.4. The highest BCUT2D eigenvalue weighted by atomic mass is 31.2. The summed E-state index contributed by atoms with van der Waals surface area (Å²) in [7, 11) is -2.56. The number of nitrogens with one attached hydrogen (secondary N) is 1. The zero-order valence-corrected chi connectivity index (χ0v) is 18.5.